The number of piperazine rings is 1. The zero-order valence-corrected chi connectivity index (χ0v) is 18.8. The molecular formula is C24H31ClN4O2. The van der Waals surface area contributed by atoms with E-state index < -0.39 is 6.09 Å². The van der Waals surface area contributed by atoms with Gasteiger partial charge in [0.1, 0.15) is 5.82 Å². The van der Waals surface area contributed by atoms with Crippen molar-refractivity contribution in [3.8, 4) is 0 Å². The first-order valence-electron chi connectivity index (χ1n) is 11.2. The van der Waals surface area contributed by atoms with Gasteiger partial charge in [-0.2, -0.15) is 0 Å². The summed E-state index contributed by atoms with van der Waals surface area (Å²) in [6, 6.07) is 14.7. The number of hydrogen-bond acceptors (Lipinski definition) is 4. The first-order chi connectivity index (χ1) is 15.0. The Morgan fingerprint density at radius 3 is 2.45 bits per heavy atom. The molecule has 1 aromatic heterocycles. The van der Waals surface area contributed by atoms with Crippen LogP contribution in [0.5, 0.6) is 0 Å². The maximum absolute atomic E-state index is 11.9. The zero-order valence-electron chi connectivity index (χ0n) is 18.0. The second-order valence-corrected chi connectivity index (χ2v) is 9.02. The Morgan fingerprint density at radius 1 is 1.10 bits per heavy atom. The summed E-state index contributed by atoms with van der Waals surface area (Å²) in [5.74, 6) is 1.04. The number of aromatic nitrogens is 1. The molecule has 0 radical (unpaired) electrons. The number of hydrogen-bond donors (Lipinski definition) is 1. The molecule has 1 N–H and O–H groups in total. The quantitative estimate of drug-likeness (QED) is 0.744. The van der Waals surface area contributed by atoms with Crippen molar-refractivity contribution in [3.05, 3.63) is 59.2 Å². The fourth-order valence-corrected chi connectivity index (χ4v) is 5.17. The average molecular weight is 443 g/mol. The standard InChI is InChI=1S/C24H31ClN4O2/c1-2-20-16-28(21-10-13-27(14-11-21)23-5-3-4-12-26-23)22(17-29(20)24(30)31)15-18-6-8-19(25)9-7-18/h3-9,12,20-22H,2,10-11,13-17H2,1H3,(H,30,31)/t20-,22-/m0/s1. The van der Waals surface area contributed by atoms with Crippen molar-refractivity contribution in [3.63, 3.8) is 0 Å². The molecule has 0 aliphatic carbocycles. The van der Waals surface area contributed by atoms with Gasteiger partial charge in [-0.05, 0) is 55.5 Å². The number of benzene rings is 1. The number of anilines is 1. The molecule has 6 nitrogen and oxygen atoms in total. The minimum Gasteiger partial charge on any atom is -0.465 e. The maximum atomic E-state index is 11.9. The lowest BCUT2D eigenvalue weighted by Gasteiger charge is -2.50. The number of nitrogens with zero attached hydrogens (tertiary/aromatic N) is 4. The van der Waals surface area contributed by atoms with Crippen LogP contribution < -0.4 is 4.90 Å². The Labute approximate surface area is 189 Å². The molecule has 2 aliphatic heterocycles. The Hall–Kier alpha value is -2.31. The van der Waals surface area contributed by atoms with E-state index in [0.29, 0.717) is 12.6 Å². The highest BCUT2D eigenvalue weighted by Crippen LogP contribution is 2.28. The third-order valence-corrected chi connectivity index (χ3v) is 7.00. The first-order valence-corrected chi connectivity index (χ1v) is 11.6. The summed E-state index contributed by atoms with van der Waals surface area (Å²) in [6.07, 6.45) is 4.84. The summed E-state index contributed by atoms with van der Waals surface area (Å²) in [5, 5.41) is 10.5. The highest BCUT2D eigenvalue weighted by atomic mass is 35.5. The van der Waals surface area contributed by atoms with Gasteiger partial charge >= 0.3 is 6.09 Å². The van der Waals surface area contributed by atoms with Gasteiger partial charge in [0.25, 0.3) is 0 Å². The minimum absolute atomic E-state index is 0.0489. The van der Waals surface area contributed by atoms with Crippen LogP contribution in [0.2, 0.25) is 5.02 Å². The molecule has 0 spiro atoms. The largest absolute Gasteiger partial charge is 0.465 e. The predicted octanol–water partition coefficient (Wildman–Crippen LogP) is 4.39. The summed E-state index contributed by atoms with van der Waals surface area (Å²) in [7, 11) is 0. The second kappa shape index (κ2) is 9.88. The van der Waals surface area contributed by atoms with Crippen LogP contribution in [0.15, 0.2) is 48.7 Å². The monoisotopic (exact) mass is 442 g/mol. The molecule has 2 atom stereocenters. The summed E-state index contributed by atoms with van der Waals surface area (Å²) < 4.78 is 0. The molecule has 2 aromatic rings. The smallest absolute Gasteiger partial charge is 0.407 e. The summed E-state index contributed by atoms with van der Waals surface area (Å²) in [4.78, 5) is 23.0. The van der Waals surface area contributed by atoms with E-state index in [1.807, 2.05) is 30.5 Å². The van der Waals surface area contributed by atoms with Gasteiger partial charge < -0.3 is 14.9 Å². The van der Waals surface area contributed by atoms with Gasteiger partial charge in [-0.3, -0.25) is 4.90 Å². The van der Waals surface area contributed by atoms with Gasteiger partial charge in [0.05, 0.1) is 0 Å². The Bertz CT molecular complexity index is 856. The number of carbonyl (C=O) groups is 1. The van der Waals surface area contributed by atoms with E-state index in [-0.39, 0.29) is 12.1 Å². The lowest BCUT2D eigenvalue weighted by Crippen LogP contribution is -2.63. The Morgan fingerprint density at radius 2 is 1.84 bits per heavy atom. The average Bonchev–Trinajstić information content (AvgIpc) is 2.81. The highest BCUT2D eigenvalue weighted by molar-refractivity contribution is 6.30. The fraction of sp³-hybridized carbons (Fsp3) is 0.500. The van der Waals surface area contributed by atoms with Crippen molar-refractivity contribution in [1.29, 1.82) is 0 Å². The lowest BCUT2D eigenvalue weighted by molar-refractivity contribution is 0.000691. The molecule has 0 unspecified atom stereocenters. The van der Waals surface area contributed by atoms with Crippen molar-refractivity contribution in [1.82, 2.24) is 14.8 Å². The van der Waals surface area contributed by atoms with Crippen molar-refractivity contribution in [2.75, 3.05) is 31.1 Å². The normalized spacial score (nSPS) is 23.2. The molecule has 1 aromatic carbocycles. The summed E-state index contributed by atoms with van der Waals surface area (Å²) in [6.45, 7) is 5.39. The van der Waals surface area contributed by atoms with Crippen molar-refractivity contribution >= 4 is 23.5 Å². The van der Waals surface area contributed by atoms with Gasteiger partial charge in [-0.25, -0.2) is 9.78 Å². The third-order valence-electron chi connectivity index (χ3n) is 6.75. The molecule has 7 heteroatoms. The van der Waals surface area contributed by atoms with Crippen LogP contribution >= 0.6 is 11.6 Å². The predicted molar refractivity (Wildman–Crippen MR) is 124 cm³/mol. The Kier molecular flexibility index (Phi) is 6.98. The molecule has 2 saturated heterocycles. The molecule has 31 heavy (non-hydrogen) atoms. The van der Waals surface area contributed by atoms with Crippen LogP contribution in [0.1, 0.15) is 31.7 Å². The fourth-order valence-electron chi connectivity index (χ4n) is 5.04. The number of rotatable bonds is 5. The SMILES string of the molecule is CC[C@H]1CN(C2CCN(c3ccccn3)CC2)[C@@H](Cc2ccc(Cl)cc2)CN1C(=O)O. The number of carboxylic acid groups (broad SMARTS) is 1. The van der Waals surface area contributed by atoms with E-state index in [9.17, 15) is 9.90 Å². The maximum Gasteiger partial charge on any atom is 0.407 e. The number of halogens is 1. The van der Waals surface area contributed by atoms with Gasteiger partial charge in [-0.15, -0.1) is 0 Å². The number of amides is 1. The summed E-state index contributed by atoms with van der Waals surface area (Å²) >= 11 is 6.07. The highest BCUT2D eigenvalue weighted by Gasteiger charge is 2.39. The Balaban J connectivity index is 1.49. The van der Waals surface area contributed by atoms with Crippen LogP contribution in [0.4, 0.5) is 10.6 Å². The number of pyridine rings is 1. The van der Waals surface area contributed by atoms with Gasteiger partial charge in [0, 0.05) is 55.5 Å². The second-order valence-electron chi connectivity index (χ2n) is 8.58. The lowest BCUT2D eigenvalue weighted by atomic mass is 9.93. The van der Waals surface area contributed by atoms with Crippen LogP contribution in [0.25, 0.3) is 0 Å². The first kappa shape index (κ1) is 21.9. The van der Waals surface area contributed by atoms with E-state index in [1.165, 1.54) is 5.56 Å². The molecule has 0 bridgehead atoms. The van der Waals surface area contributed by atoms with E-state index >= 15 is 0 Å². The third kappa shape index (κ3) is 5.13. The van der Waals surface area contributed by atoms with Crippen molar-refractivity contribution < 1.29 is 9.90 Å². The molecule has 2 fully saturated rings. The molecule has 2 aliphatic rings. The van der Waals surface area contributed by atoms with Crippen molar-refractivity contribution in [2.45, 2.75) is 50.7 Å². The molecule has 166 valence electrons. The molecule has 1 amide bonds. The molecular weight excluding hydrogens is 412 g/mol. The van der Waals surface area contributed by atoms with E-state index in [4.69, 9.17) is 11.6 Å². The topological polar surface area (TPSA) is 59.9 Å². The van der Waals surface area contributed by atoms with Gasteiger partial charge in [0.15, 0.2) is 0 Å². The zero-order chi connectivity index (χ0) is 21.8. The van der Waals surface area contributed by atoms with Crippen LogP contribution in [-0.2, 0) is 6.42 Å². The van der Waals surface area contributed by atoms with Crippen LogP contribution in [0, 0.1) is 0 Å². The van der Waals surface area contributed by atoms with Crippen molar-refractivity contribution in [2.24, 2.45) is 0 Å². The van der Waals surface area contributed by atoms with Crippen LogP contribution in [0.3, 0.4) is 0 Å². The van der Waals surface area contributed by atoms with E-state index in [1.54, 1.807) is 4.90 Å². The van der Waals surface area contributed by atoms with Gasteiger partial charge in [0.2, 0.25) is 0 Å². The molecule has 4 rings (SSSR count). The molecule has 3 heterocycles. The van der Waals surface area contributed by atoms with E-state index in [2.05, 4.69) is 39.9 Å². The van der Waals surface area contributed by atoms with Gasteiger partial charge in [-0.1, -0.05) is 36.7 Å². The summed E-state index contributed by atoms with van der Waals surface area (Å²) in [5.41, 5.74) is 1.20. The molecule has 0 saturated carbocycles. The minimum atomic E-state index is -0.808. The number of piperidine rings is 1. The van der Waals surface area contributed by atoms with E-state index in [0.717, 1.165) is 56.2 Å². The van der Waals surface area contributed by atoms with Crippen LogP contribution in [-0.4, -0.2) is 70.3 Å².